The molecule has 0 spiro atoms. The average Bonchev–Trinajstić information content (AvgIpc) is 2.79. The predicted octanol–water partition coefficient (Wildman–Crippen LogP) is 4.63. The maximum atomic E-state index is 13.7. The summed E-state index contributed by atoms with van der Waals surface area (Å²) >= 11 is 3.12. The zero-order chi connectivity index (χ0) is 18.0. The van der Waals surface area contributed by atoms with Crippen LogP contribution >= 0.6 is 15.9 Å². The Morgan fingerprint density at radius 1 is 1.21 bits per heavy atom. The van der Waals surface area contributed by atoms with Gasteiger partial charge < -0.3 is 9.30 Å². The molecule has 128 valence electrons. The number of hydrogen-bond donors (Lipinski definition) is 0. The van der Waals surface area contributed by atoms with Gasteiger partial charge in [0, 0.05) is 27.5 Å². The number of hydrogen-bond acceptors (Lipinski definition) is 3. The van der Waals surface area contributed by atoms with Crippen molar-refractivity contribution in [1.29, 1.82) is 0 Å². The SMILES string of the molecule is Cc1cc(C(=O)COC(=O)c2ccc(Br)cc2F)c(C)n1C(C)C. The smallest absolute Gasteiger partial charge is 0.341 e. The van der Waals surface area contributed by atoms with E-state index in [1.165, 1.54) is 18.2 Å². The van der Waals surface area contributed by atoms with E-state index < -0.39 is 18.4 Å². The van der Waals surface area contributed by atoms with Gasteiger partial charge in [-0.3, -0.25) is 4.79 Å². The molecule has 2 aromatic rings. The van der Waals surface area contributed by atoms with Crippen molar-refractivity contribution in [3.63, 3.8) is 0 Å². The van der Waals surface area contributed by atoms with E-state index in [1.54, 1.807) is 6.07 Å². The first-order chi connectivity index (χ1) is 11.2. The summed E-state index contributed by atoms with van der Waals surface area (Å²) < 4.78 is 21.3. The highest BCUT2D eigenvalue weighted by atomic mass is 79.9. The molecule has 1 heterocycles. The average molecular weight is 396 g/mol. The maximum Gasteiger partial charge on any atom is 0.341 e. The van der Waals surface area contributed by atoms with Crippen LogP contribution in [0.2, 0.25) is 0 Å². The molecule has 0 unspecified atom stereocenters. The number of esters is 1. The van der Waals surface area contributed by atoms with Crippen molar-refractivity contribution in [2.24, 2.45) is 0 Å². The van der Waals surface area contributed by atoms with E-state index >= 15 is 0 Å². The molecule has 0 bridgehead atoms. The van der Waals surface area contributed by atoms with Gasteiger partial charge in [0.2, 0.25) is 5.78 Å². The molecular formula is C18H19BrFNO3. The molecular weight excluding hydrogens is 377 g/mol. The third-order valence-electron chi connectivity index (χ3n) is 3.79. The van der Waals surface area contributed by atoms with Crippen LogP contribution in [0.4, 0.5) is 4.39 Å². The molecule has 0 atom stereocenters. The number of nitrogens with zero attached hydrogens (tertiary/aromatic N) is 1. The maximum absolute atomic E-state index is 13.7. The molecule has 0 aliphatic rings. The minimum atomic E-state index is -0.856. The lowest BCUT2D eigenvalue weighted by molar-refractivity contribution is 0.0470. The fourth-order valence-electron chi connectivity index (χ4n) is 2.80. The van der Waals surface area contributed by atoms with E-state index in [4.69, 9.17) is 4.74 Å². The Morgan fingerprint density at radius 3 is 2.42 bits per heavy atom. The van der Waals surface area contributed by atoms with Crippen LogP contribution in [0.25, 0.3) is 0 Å². The fourth-order valence-corrected chi connectivity index (χ4v) is 3.13. The van der Waals surface area contributed by atoms with Gasteiger partial charge in [-0.15, -0.1) is 0 Å². The van der Waals surface area contributed by atoms with Gasteiger partial charge in [0.1, 0.15) is 5.82 Å². The van der Waals surface area contributed by atoms with Crippen LogP contribution in [0.1, 0.15) is 52.0 Å². The number of Topliss-reactive ketones (excluding diaryl/α,β-unsaturated/α-hetero) is 1. The number of carbonyl (C=O) groups excluding carboxylic acids is 2. The van der Waals surface area contributed by atoms with Crippen LogP contribution in [-0.4, -0.2) is 22.9 Å². The normalized spacial score (nSPS) is 11.0. The zero-order valence-electron chi connectivity index (χ0n) is 14.0. The molecule has 0 aliphatic heterocycles. The van der Waals surface area contributed by atoms with Crippen molar-refractivity contribution in [3.8, 4) is 0 Å². The number of halogens is 2. The van der Waals surface area contributed by atoms with Crippen LogP contribution in [-0.2, 0) is 4.74 Å². The Hall–Kier alpha value is -1.95. The Balaban J connectivity index is 2.11. The predicted molar refractivity (Wildman–Crippen MR) is 93.0 cm³/mol. The molecule has 6 heteroatoms. The van der Waals surface area contributed by atoms with Crippen molar-refractivity contribution < 1.29 is 18.7 Å². The van der Waals surface area contributed by atoms with Gasteiger partial charge in [-0.1, -0.05) is 15.9 Å². The number of aromatic nitrogens is 1. The second-order valence-corrected chi connectivity index (χ2v) is 6.79. The number of ether oxygens (including phenoxy) is 1. The monoisotopic (exact) mass is 395 g/mol. The van der Waals surface area contributed by atoms with Crippen molar-refractivity contribution in [3.05, 3.63) is 57.1 Å². The third-order valence-corrected chi connectivity index (χ3v) is 4.28. The van der Waals surface area contributed by atoms with E-state index in [0.717, 1.165) is 11.4 Å². The Morgan fingerprint density at radius 2 is 1.88 bits per heavy atom. The summed E-state index contributed by atoms with van der Waals surface area (Å²) in [5.74, 6) is -1.85. The number of ketones is 1. The lowest BCUT2D eigenvalue weighted by Crippen LogP contribution is -2.16. The molecule has 4 nitrogen and oxygen atoms in total. The molecule has 0 saturated carbocycles. The van der Waals surface area contributed by atoms with Crippen molar-refractivity contribution in [2.45, 2.75) is 33.7 Å². The number of benzene rings is 1. The van der Waals surface area contributed by atoms with Crippen LogP contribution in [0.5, 0.6) is 0 Å². The summed E-state index contributed by atoms with van der Waals surface area (Å²) in [6.07, 6.45) is 0. The minimum Gasteiger partial charge on any atom is -0.454 e. The molecule has 24 heavy (non-hydrogen) atoms. The molecule has 2 rings (SSSR count). The summed E-state index contributed by atoms with van der Waals surface area (Å²) in [5.41, 5.74) is 2.12. The summed E-state index contributed by atoms with van der Waals surface area (Å²) in [5, 5.41) is 0. The van der Waals surface area contributed by atoms with Crippen molar-refractivity contribution in [2.75, 3.05) is 6.61 Å². The third kappa shape index (κ3) is 3.75. The Kier molecular flexibility index (Phi) is 5.59. The first-order valence-corrected chi connectivity index (χ1v) is 8.35. The van der Waals surface area contributed by atoms with Gasteiger partial charge in [-0.25, -0.2) is 9.18 Å². The lowest BCUT2D eigenvalue weighted by atomic mass is 10.1. The van der Waals surface area contributed by atoms with Gasteiger partial charge in [0.25, 0.3) is 0 Å². The van der Waals surface area contributed by atoms with Crippen LogP contribution in [0.15, 0.2) is 28.7 Å². The van der Waals surface area contributed by atoms with E-state index in [-0.39, 0.29) is 17.4 Å². The van der Waals surface area contributed by atoms with Crippen molar-refractivity contribution >= 4 is 27.7 Å². The number of aryl methyl sites for hydroxylation is 1. The number of rotatable bonds is 5. The fraction of sp³-hybridized carbons (Fsp3) is 0.333. The first kappa shape index (κ1) is 18.4. The topological polar surface area (TPSA) is 48.3 Å². The second kappa shape index (κ2) is 7.30. The highest BCUT2D eigenvalue weighted by Gasteiger charge is 2.20. The van der Waals surface area contributed by atoms with Crippen LogP contribution < -0.4 is 0 Å². The molecule has 0 N–H and O–H groups in total. The molecule has 0 radical (unpaired) electrons. The Labute approximate surface area is 148 Å². The standard InChI is InChI=1S/C18H19BrFNO3/c1-10(2)21-11(3)7-15(12(21)4)17(22)9-24-18(23)14-6-5-13(19)8-16(14)20/h5-8,10H,9H2,1-4H3. The zero-order valence-corrected chi connectivity index (χ0v) is 15.6. The van der Waals surface area contributed by atoms with Crippen molar-refractivity contribution in [1.82, 2.24) is 4.57 Å². The number of carbonyl (C=O) groups is 2. The van der Waals surface area contributed by atoms with E-state index in [2.05, 4.69) is 15.9 Å². The van der Waals surface area contributed by atoms with Gasteiger partial charge in [0.15, 0.2) is 6.61 Å². The second-order valence-electron chi connectivity index (χ2n) is 5.87. The molecule has 0 aliphatic carbocycles. The lowest BCUT2D eigenvalue weighted by Gasteiger charge is -2.13. The van der Waals surface area contributed by atoms with Gasteiger partial charge in [-0.05, 0) is 52.0 Å². The minimum absolute atomic E-state index is 0.196. The first-order valence-electron chi connectivity index (χ1n) is 7.56. The molecule has 1 aromatic carbocycles. The summed E-state index contributed by atoms with van der Waals surface area (Å²) in [7, 11) is 0. The molecule has 1 aromatic heterocycles. The van der Waals surface area contributed by atoms with E-state index in [1.807, 2.05) is 32.3 Å². The van der Waals surface area contributed by atoms with E-state index in [0.29, 0.717) is 10.0 Å². The van der Waals surface area contributed by atoms with Crippen LogP contribution in [0.3, 0.4) is 0 Å². The van der Waals surface area contributed by atoms with Crippen LogP contribution in [0, 0.1) is 19.7 Å². The van der Waals surface area contributed by atoms with Gasteiger partial charge >= 0.3 is 5.97 Å². The van der Waals surface area contributed by atoms with E-state index in [9.17, 15) is 14.0 Å². The highest BCUT2D eigenvalue weighted by molar-refractivity contribution is 9.10. The summed E-state index contributed by atoms with van der Waals surface area (Å²) in [6.45, 7) is 7.43. The summed E-state index contributed by atoms with van der Waals surface area (Å²) in [6, 6.07) is 6.04. The summed E-state index contributed by atoms with van der Waals surface area (Å²) in [4.78, 5) is 24.3. The highest BCUT2D eigenvalue weighted by Crippen LogP contribution is 2.21. The largest absolute Gasteiger partial charge is 0.454 e. The van der Waals surface area contributed by atoms with Gasteiger partial charge in [-0.2, -0.15) is 0 Å². The quantitative estimate of drug-likeness (QED) is 0.547. The molecule has 0 fully saturated rings. The van der Waals surface area contributed by atoms with Gasteiger partial charge in [0.05, 0.1) is 5.56 Å². The molecule has 0 saturated heterocycles. The molecule has 0 amide bonds. The Bertz CT molecular complexity index is 796.